The predicted octanol–water partition coefficient (Wildman–Crippen LogP) is 3.73. The highest BCUT2D eigenvalue weighted by Gasteiger charge is 2.35. The van der Waals surface area contributed by atoms with Crippen molar-refractivity contribution in [1.29, 1.82) is 0 Å². The number of rotatable bonds is 3. The first kappa shape index (κ1) is 14.2. The summed E-state index contributed by atoms with van der Waals surface area (Å²) < 4.78 is 51.9. The van der Waals surface area contributed by atoms with Crippen LogP contribution >= 0.6 is 0 Å². The first-order chi connectivity index (χ1) is 9.41. The summed E-state index contributed by atoms with van der Waals surface area (Å²) in [5.41, 5.74) is -0.918. The molecule has 0 saturated heterocycles. The van der Waals surface area contributed by atoms with Crippen molar-refractivity contribution in [3.63, 3.8) is 0 Å². The molecule has 106 valence electrons. The molecule has 0 aliphatic rings. The normalized spacial score (nSPS) is 11.4. The lowest BCUT2D eigenvalue weighted by molar-refractivity contribution is -0.140. The molecule has 2 rings (SSSR count). The predicted molar refractivity (Wildman–Crippen MR) is 66.6 cm³/mol. The van der Waals surface area contributed by atoms with E-state index in [0.29, 0.717) is 6.54 Å². The molecule has 20 heavy (non-hydrogen) atoms. The summed E-state index contributed by atoms with van der Waals surface area (Å²) in [7, 11) is 0. The Morgan fingerprint density at radius 3 is 2.55 bits per heavy atom. The van der Waals surface area contributed by atoms with E-state index in [9.17, 15) is 17.6 Å². The van der Waals surface area contributed by atoms with Gasteiger partial charge in [-0.25, -0.2) is 9.37 Å². The molecule has 0 unspecified atom stereocenters. The molecule has 2 aromatic heterocycles. The van der Waals surface area contributed by atoms with Crippen LogP contribution in [0.15, 0.2) is 30.6 Å². The molecule has 2 heterocycles. The fourth-order valence-electron chi connectivity index (χ4n) is 1.72. The largest absolute Gasteiger partial charge is 0.435 e. The van der Waals surface area contributed by atoms with Gasteiger partial charge in [0, 0.05) is 18.3 Å². The van der Waals surface area contributed by atoms with E-state index in [4.69, 9.17) is 0 Å². The van der Waals surface area contributed by atoms with E-state index in [1.54, 1.807) is 6.92 Å². The number of halogens is 4. The number of pyridine rings is 2. The first-order valence-corrected chi connectivity index (χ1v) is 5.85. The summed E-state index contributed by atoms with van der Waals surface area (Å²) in [5, 5.41) is 2.60. The number of nitrogens with one attached hydrogen (secondary N) is 1. The third-order valence-corrected chi connectivity index (χ3v) is 2.53. The quantitative estimate of drug-likeness (QED) is 0.873. The summed E-state index contributed by atoms with van der Waals surface area (Å²) in [5.74, 6) is -0.631. The lowest BCUT2D eigenvalue weighted by Gasteiger charge is -2.14. The highest BCUT2D eigenvalue weighted by Crippen LogP contribution is 2.34. The summed E-state index contributed by atoms with van der Waals surface area (Å²) in [4.78, 5) is 7.18. The van der Waals surface area contributed by atoms with Gasteiger partial charge < -0.3 is 5.32 Å². The second kappa shape index (κ2) is 5.44. The molecule has 7 heteroatoms. The zero-order chi connectivity index (χ0) is 14.8. The highest BCUT2D eigenvalue weighted by atomic mass is 19.4. The number of alkyl halides is 3. The molecule has 3 nitrogen and oxygen atoms in total. The van der Waals surface area contributed by atoms with Gasteiger partial charge in [0.05, 0.1) is 17.6 Å². The fraction of sp³-hybridized carbons (Fsp3) is 0.231. The van der Waals surface area contributed by atoms with Gasteiger partial charge in [-0.2, -0.15) is 13.2 Å². The van der Waals surface area contributed by atoms with Gasteiger partial charge in [0.15, 0.2) is 5.69 Å². The average molecular weight is 285 g/mol. The van der Waals surface area contributed by atoms with Crippen LogP contribution in [0.4, 0.5) is 23.2 Å². The Balaban J connectivity index is 2.52. The number of aromatic nitrogens is 2. The van der Waals surface area contributed by atoms with Gasteiger partial charge in [0.25, 0.3) is 0 Å². The minimum atomic E-state index is -4.59. The Morgan fingerprint density at radius 2 is 1.95 bits per heavy atom. The van der Waals surface area contributed by atoms with E-state index in [1.807, 2.05) is 0 Å². The van der Waals surface area contributed by atoms with Crippen molar-refractivity contribution < 1.29 is 17.6 Å². The zero-order valence-electron chi connectivity index (χ0n) is 10.5. The summed E-state index contributed by atoms with van der Waals surface area (Å²) in [6, 6.07) is 3.76. The number of hydrogen-bond donors (Lipinski definition) is 1. The number of nitrogens with zero attached hydrogens (tertiary/aromatic N) is 2. The monoisotopic (exact) mass is 285 g/mol. The SMILES string of the molecule is CCNc1ccc(-c2cncc(F)c2)nc1C(F)(F)F. The molecule has 0 radical (unpaired) electrons. The van der Waals surface area contributed by atoms with Crippen LogP contribution < -0.4 is 5.32 Å². The van der Waals surface area contributed by atoms with Crippen molar-refractivity contribution in [2.24, 2.45) is 0 Å². The Kier molecular flexibility index (Phi) is 3.87. The van der Waals surface area contributed by atoms with Gasteiger partial charge in [0.1, 0.15) is 5.82 Å². The van der Waals surface area contributed by atoms with Gasteiger partial charge in [-0.15, -0.1) is 0 Å². The Hall–Kier alpha value is -2.18. The Bertz CT molecular complexity index is 611. The molecule has 0 atom stereocenters. The van der Waals surface area contributed by atoms with Crippen molar-refractivity contribution in [2.45, 2.75) is 13.1 Å². The maximum atomic E-state index is 13.1. The zero-order valence-corrected chi connectivity index (χ0v) is 10.5. The first-order valence-electron chi connectivity index (χ1n) is 5.85. The number of hydrogen-bond acceptors (Lipinski definition) is 3. The van der Waals surface area contributed by atoms with Crippen molar-refractivity contribution in [3.8, 4) is 11.3 Å². The number of anilines is 1. The minimum Gasteiger partial charge on any atom is -0.384 e. The van der Waals surface area contributed by atoms with Gasteiger partial charge in [-0.3, -0.25) is 4.98 Å². The topological polar surface area (TPSA) is 37.8 Å². The van der Waals surface area contributed by atoms with Crippen LogP contribution in [0.1, 0.15) is 12.6 Å². The molecule has 0 fully saturated rings. The van der Waals surface area contributed by atoms with Crippen molar-refractivity contribution in [3.05, 3.63) is 42.1 Å². The van der Waals surface area contributed by atoms with Crippen LogP contribution in [0.2, 0.25) is 0 Å². The summed E-state index contributed by atoms with van der Waals surface area (Å²) in [6.07, 6.45) is -2.35. The molecular formula is C13H11F4N3. The maximum absolute atomic E-state index is 13.1. The second-order valence-corrected chi connectivity index (χ2v) is 4.01. The van der Waals surface area contributed by atoms with Crippen molar-refractivity contribution in [1.82, 2.24) is 9.97 Å². The van der Waals surface area contributed by atoms with E-state index in [2.05, 4.69) is 15.3 Å². The molecule has 0 aliphatic heterocycles. The lowest BCUT2D eigenvalue weighted by atomic mass is 10.1. The highest BCUT2D eigenvalue weighted by molar-refractivity contribution is 5.62. The van der Waals surface area contributed by atoms with E-state index in [1.165, 1.54) is 18.3 Å². The van der Waals surface area contributed by atoms with Gasteiger partial charge in [-0.1, -0.05) is 0 Å². The van der Waals surface area contributed by atoms with E-state index < -0.39 is 17.7 Å². The maximum Gasteiger partial charge on any atom is 0.435 e. The van der Waals surface area contributed by atoms with E-state index in [0.717, 1.165) is 12.3 Å². The van der Waals surface area contributed by atoms with Crippen LogP contribution in [0.3, 0.4) is 0 Å². The van der Waals surface area contributed by atoms with Crippen LogP contribution in [0.25, 0.3) is 11.3 Å². The molecule has 0 aliphatic carbocycles. The standard InChI is InChI=1S/C13H11F4N3/c1-2-19-11-4-3-10(20-12(11)13(15,16)17)8-5-9(14)7-18-6-8/h3-7,19H,2H2,1H3. The second-order valence-electron chi connectivity index (χ2n) is 4.01. The van der Waals surface area contributed by atoms with Crippen LogP contribution in [-0.4, -0.2) is 16.5 Å². The molecule has 0 bridgehead atoms. The molecule has 0 amide bonds. The van der Waals surface area contributed by atoms with E-state index in [-0.39, 0.29) is 16.9 Å². The molecule has 0 aromatic carbocycles. The van der Waals surface area contributed by atoms with Gasteiger partial charge >= 0.3 is 6.18 Å². The van der Waals surface area contributed by atoms with Crippen LogP contribution in [-0.2, 0) is 6.18 Å². The molecule has 0 spiro atoms. The smallest absolute Gasteiger partial charge is 0.384 e. The lowest BCUT2D eigenvalue weighted by Crippen LogP contribution is -2.13. The Labute approximate surface area is 112 Å². The molecular weight excluding hydrogens is 274 g/mol. The van der Waals surface area contributed by atoms with Gasteiger partial charge in [-0.05, 0) is 25.1 Å². The summed E-state index contributed by atoms with van der Waals surface area (Å²) in [6.45, 7) is 2.02. The third-order valence-electron chi connectivity index (χ3n) is 2.53. The van der Waals surface area contributed by atoms with E-state index >= 15 is 0 Å². The minimum absolute atomic E-state index is 0.0194. The van der Waals surface area contributed by atoms with Crippen LogP contribution in [0, 0.1) is 5.82 Å². The molecule has 0 saturated carbocycles. The molecule has 1 N–H and O–H groups in total. The Morgan fingerprint density at radius 1 is 1.20 bits per heavy atom. The fourth-order valence-corrected chi connectivity index (χ4v) is 1.72. The summed E-state index contributed by atoms with van der Waals surface area (Å²) >= 11 is 0. The van der Waals surface area contributed by atoms with Crippen LogP contribution in [0.5, 0.6) is 0 Å². The average Bonchev–Trinajstić information content (AvgIpc) is 2.38. The van der Waals surface area contributed by atoms with Crippen molar-refractivity contribution >= 4 is 5.69 Å². The third kappa shape index (κ3) is 3.04. The van der Waals surface area contributed by atoms with Crippen molar-refractivity contribution in [2.75, 3.05) is 11.9 Å². The van der Waals surface area contributed by atoms with Gasteiger partial charge in [0.2, 0.25) is 0 Å². The molecule has 2 aromatic rings.